The van der Waals surface area contributed by atoms with Gasteiger partial charge in [-0.1, -0.05) is 82.4 Å². The molecule has 3 saturated heterocycles. The van der Waals surface area contributed by atoms with E-state index in [4.69, 9.17) is 0 Å². The van der Waals surface area contributed by atoms with Crippen LogP contribution in [0.1, 0.15) is 123 Å². The lowest BCUT2D eigenvalue weighted by molar-refractivity contribution is -0.148. The van der Waals surface area contributed by atoms with E-state index in [1.165, 1.54) is 50.5 Å². The zero-order chi connectivity index (χ0) is 54.6. The zero-order valence-electron chi connectivity index (χ0n) is 43.1. The standard InChI is InChI=1S/C52H81N7O15/c1-5-6-7-8-9-10-11-12-13-14-15-16-17-18-19-20-40(66)53-36-27-39(65)48(70)57-50(72)44-45(67)30(2)28-59(44)52(74)42(32(4)61)55-49(71)43(38(64)25-33-21-23-34(62)24-22-33)56-47(69)37-26-35(63)29-58(37)51(73)41(31(3)60)54-46(36)68/h9-10,12-13,21-24,30-32,35-39,41-45,48,60-65,67,70H,5-8,11,14-20,25-29H2,1-4H3,(H,53,66)(H,54,68)(H,55,71)(H,56,69)(H,57,72)/b10-9+,13-12+/t30-,31+,32+,35+,36-,37-,38+,39+,41-,42-,43-,44-,45-,48+/m0/s1. The van der Waals surface area contributed by atoms with Crippen LogP contribution in [0.4, 0.5) is 0 Å². The molecule has 13 N–H and O–H groups in total. The number of hydrogen-bond donors (Lipinski definition) is 13. The first-order valence-electron chi connectivity index (χ1n) is 26.1. The Morgan fingerprint density at radius 2 is 1.26 bits per heavy atom. The number of carbonyl (C=O) groups is 7. The quantitative estimate of drug-likeness (QED) is 0.0561. The van der Waals surface area contributed by atoms with Crippen molar-refractivity contribution in [3.05, 3.63) is 54.1 Å². The lowest BCUT2D eigenvalue weighted by Gasteiger charge is -2.33. The van der Waals surface area contributed by atoms with Crippen molar-refractivity contribution in [2.45, 2.75) is 203 Å². The minimum absolute atomic E-state index is 0.0536. The summed E-state index contributed by atoms with van der Waals surface area (Å²) in [6.45, 7) is 5.17. The molecule has 1 aromatic carbocycles. The van der Waals surface area contributed by atoms with E-state index in [0.717, 1.165) is 62.2 Å². The van der Waals surface area contributed by atoms with Crippen molar-refractivity contribution in [3.8, 4) is 5.75 Å². The number of rotatable bonds is 20. The van der Waals surface area contributed by atoms with Crippen molar-refractivity contribution in [3.63, 3.8) is 0 Å². The number of fused-ring (bicyclic) bond motifs is 2. The van der Waals surface area contributed by atoms with Crippen molar-refractivity contribution in [2.24, 2.45) is 5.92 Å². The maximum atomic E-state index is 14.3. The number of unbranched alkanes of at least 4 members (excludes halogenated alkanes) is 8. The fraction of sp³-hybridized carbons (Fsp3) is 0.673. The second-order valence-electron chi connectivity index (χ2n) is 20.0. The van der Waals surface area contributed by atoms with E-state index in [1.54, 1.807) is 0 Å². The summed E-state index contributed by atoms with van der Waals surface area (Å²) in [4.78, 5) is 100. The van der Waals surface area contributed by atoms with Gasteiger partial charge in [-0.15, -0.1) is 0 Å². The molecule has 0 radical (unpaired) electrons. The predicted molar refractivity (Wildman–Crippen MR) is 270 cm³/mol. The van der Waals surface area contributed by atoms with Gasteiger partial charge < -0.3 is 77.2 Å². The molecule has 3 aliphatic heterocycles. The van der Waals surface area contributed by atoms with Gasteiger partial charge in [0.05, 0.1) is 30.5 Å². The molecule has 0 spiro atoms. The Morgan fingerprint density at radius 1 is 0.689 bits per heavy atom. The molecule has 0 aliphatic carbocycles. The molecule has 0 bridgehead atoms. The number of aromatic hydroxyl groups is 1. The number of amides is 7. The lowest BCUT2D eigenvalue weighted by Crippen LogP contribution is -2.64. The van der Waals surface area contributed by atoms with Crippen LogP contribution in [0.15, 0.2) is 48.6 Å². The lowest BCUT2D eigenvalue weighted by atomic mass is 9.99. The number of nitrogens with zero attached hydrogens (tertiary/aromatic N) is 2. The number of nitrogens with one attached hydrogen (secondary N) is 5. The van der Waals surface area contributed by atoms with E-state index in [0.29, 0.717) is 18.4 Å². The second kappa shape index (κ2) is 30.2. The van der Waals surface area contributed by atoms with Crippen LogP contribution in [0.5, 0.6) is 5.75 Å². The van der Waals surface area contributed by atoms with Crippen LogP contribution in [-0.2, 0) is 40.0 Å². The zero-order valence-corrected chi connectivity index (χ0v) is 43.1. The maximum absolute atomic E-state index is 14.3. The number of hydrogen-bond acceptors (Lipinski definition) is 15. The number of phenolic OH excluding ortho intramolecular Hbond substituents is 1. The number of aliphatic hydroxyl groups is 7. The summed E-state index contributed by atoms with van der Waals surface area (Å²) in [5.74, 6) is -8.35. The Labute approximate surface area is 433 Å². The highest BCUT2D eigenvalue weighted by molar-refractivity contribution is 5.98. The van der Waals surface area contributed by atoms with E-state index < -0.39 is 146 Å². The molecule has 414 valence electrons. The molecule has 0 saturated carbocycles. The average Bonchev–Trinajstić information content (AvgIpc) is 3.89. The molecular formula is C52H81N7O15. The van der Waals surface area contributed by atoms with Crippen LogP contribution in [0, 0.1) is 5.92 Å². The molecule has 0 aromatic heterocycles. The largest absolute Gasteiger partial charge is 0.508 e. The van der Waals surface area contributed by atoms with Gasteiger partial charge in [-0.2, -0.15) is 0 Å². The molecule has 1 aromatic rings. The van der Waals surface area contributed by atoms with E-state index in [2.05, 4.69) is 57.8 Å². The van der Waals surface area contributed by atoms with E-state index in [-0.39, 0.29) is 25.1 Å². The van der Waals surface area contributed by atoms with E-state index >= 15 is 0 Å². The second-order valence-corrected chi connectivity index (χ2v) is 20.0. The topological polar surface area (TPSA) is 348 Å². The van der Waals surface area contributed by atoms with Gasteiger partial charge in [0.25, 0.3) is 0 Å². The summed E-state index contributed by atoms with van der Waals surface area (Å²) < 4.78 is 0. The summed E-state index contributed by atoms with van der Waals surface area (Å²) in [6.07, 6.45) is 5.11. The molecule has 3 heterocycles. The normalized spacial score (nSPS) is 29.2. The minimum Gasteiger partial charge on any atom is -0.508 e. The number of allylic oxidation sites excluding steroid dienone is 4. The van der Waals surface area contributed by atoms with Gasteiger partial charge in [-0.3, -0.25) is 33.6 Å². The third-order valence-electron chi connectivity index (χ3n) is 13.7. The van der Waals surface area contributed by atoms with Gasteiger partial charge in [0, 0.05) is 44.7 Å². The van der Waals surface area contributed by atoms with Crippen LogP contribution < -0.4 is 26.6 Å². The SMILES string of the molecule is CCCCC/C=C/C/C=C/CCCCCCCC(=O)N[C@H]1C[C@@H](O)[C@@H](O)NC(=O)[C@@H]2[C@@H](O)[C@@H](C)CN2C(=O)[C@H]([C@@H](C)O)NC(=O)[C@H]([C@H](O)Cc2ccc(O)cc2)NC(=O)[C@@H]2C[C@@H](O)CN2C(=O)[C@H]([C@@H](C)O)NC1=O. The van der Waals surface area contributed by atoms with Crippen LogP contribution in [0.25, 0.3) is 0 Å². The van der Waals surface area contributed by atoms with Crippen molar-refractivity contribution >= 4 is 41.4 Å². The smallest absolute Gasteiger partial charge is 0.248 e. The highest BCUT2D eigenvalue weighted by Gasteiger charge is 2.50. The van der Waals surface area contributed by atoms with Crippen molar-refractivity contribution in [1.29, 1.82) is 0 Å². The van der Waals surface area contributed by atoms with Crippen LogP contribution >= 0.6 is 0 Å². The fourth-order valence-electron chi connectivity index (χ4n) is 9.36. The highest BCUT2D eigenvalue weighted by atomic mass is 16.3. The predicted octanol–water partition coefficient (Wildman–Crippen LogP) is -0.821. The Morgan fingerprint density at radius 3 is 1.88 bits per heavy atom. The molecule has 14 atom stereocenters. The molecular weight excluding hydrogens is 963 g/mol. The molecule has 74 heavy (non-hydrogen) atoms. The summed E-state index contributed by atoms with van der Waals surface area (Å²) in [7, 11) is 0. The van der Waals surface area contributed by atoms with Gasteiger partial charge in [-0.25, -0.2) is 0 Å². The highest BCUT2D eigenvalue weighted by Crippen LogP contribution is 2.27. The summed E-state index contributed by atoms with van der Waals surface area (Å²) >= 11 is 0. The van der Waals surface area contributed by atoms with Crippen LogP contribution in [0.2, 0.25) is 0 Å². The minimum atomic E-state index is -2.20. The Hall–Kier alpha value is -5.49. The first-order chi connectivity index (χ1) is 35.1. The molecule has 7 amide bonds. The molecule has 22 heteroatoms. The summed E-state index contributed by atoms with van der Waals surface area (Å²) in [6, 6.07) is -5.28. The number of carbonyl (C=O) groups excluding carboxylic acids is 7. The monoisotopic (exact) mass is 1040 g/mol. The third kappa shape index (κ3) is 18.1. The molecule has 4 rings (SSSR count). The van der Waals surface area contributed by atoms with Crippen molar-refractivity contribution in [2.75, 3.05) is 13.1 Å². The summed E-state index contributed by atoms with van der Waals surface area (Å²) in [5.41, 5.74) is 0.378. The first kappa shape index (κ1) is 61.1. The molecule has 0 unspecified atom stereocenters. The Balaban J connectivity index is 1.60. The first-order valence-corrected chi connectivity index (χ1v) is 26.1. The van der Waals surface area contributed by atoms with E-state index in [9.17, 15) is 74.4 Å². The number of aliphatic hydroxyl groups excluding tert-OH is 7. The molecule has 3 fully saturated rings. The van der Waals surface area contributed by atoms with Gasteiger partial charge in [0.15, 0.2) is 6.23 Å². The van der Waals surface area contributed by atoms with E-state index in [1.807, 2.05) is 0 Å². The maximum Gasteiger partial charge on any atom is 0.248 e. The van der Waals surface area contributed by atoms with Crippen LogP contribution in [0.3, 0.4) is 0 Å². The van der Waals surface area contributed by atoms with Gasteiger partial charge in [0.2, 0.25) is 41.4 Å². The van der Waals surface area contributed by atoms with Crippen LogP contribution in [-0.4, -0.2) is 184 Å². The van der Waals surface area contributed by atoms with Gasteiger partial charge >= 0.3 is 0 Å². The average molecular weight is 1040 g/mol. The van der Waals surface area contributed by atoms with Gasteiger partial charge in [0.1, 0.15) is 48.1 Å². The number of phenols is 1. The summed E-state index contributed by atoms with van der Waals surface area (Å²) in [5, 5.41) is 99.5. The molecule has 3 aliphatic rings. The Bertz CT molecular complexity index is 2070. The van der Waals surface area contributed by atoms with Gasteiger partial charge in [-0.05, 0) is 70.1 Å². The number of benzene rings is 1. The van der Waals surface area contributed by atoms with Crippen molar-refractivity contribution < 1.29 is 74.4 Å². The Kier molecular flexibility index (Phi) is 24.9. The third-order valence-corrected chi connectivity index (χ3v) is 13.7. The molecule has 22 nitrogen and oxygen atoms in total. The van der Waals surface area contributed by atoms with Crippen molar-refractivity contribution in [1.82, 2.24) is 36.4 Å². The fourth-order valence-corrected chi connectivity index (χ4v) is 9.36.